The first-order valence-corrected chi connectivity index (χ1v) is 11.0. The van der Waals surface area contributed by atoms with Crippen LogP contribution >= 0.6 is 23.2 Å². The van der Waals surface area contributed by atoms with E-state index in [0.29, 0.717) is 0 Å². The van der Waals surface area contributed by atoms with Gasteiger partial charge in [0.05, 0.1) is 5.00 Å². The van der Waals surface area contributed by atoms with Crippen LogP contribution in [0.2, 0.25) is 18.1 Å². The first-order valence-electron chi connectivity index (χ1n) is 5.96. The van der Waals surface area contributed by atoms with E-state index in [-0.39, 0.29) is 5.88 Å². The van der Waals surface area contributed by atoms with Crippen molar-refractivity contribution < 1.29 is 12.9 Å². The molecule has 0 saturated carbocycles. The van der Waals surface area contributed by atoms with E-state index < -0.39 is 34.8 Å². The molecule has 0 N–H and O–H groups in total. The lowest BCUT2D eigenvalue weighted by Crippen LogP contribution is -2.51. The smallest absolute Gasteiger partial charge is 0.259 e. The third-order valence-corrected chi connectivity index (χ3v) is 12.8. The van der Waals surface area contributed by atoms with Gasteiger partial charge >= 0.3 is 0 Å². The molecule has 103 valence electrons. The summed E-state index contributed by atoms with van der Waals surface area (Å²) < 4.78 is 32.1. The van der Waals surface area contributed by atoms with E-state index in [9.17, 15) is 8.78 Å². The standard InChI is InChI=1S/C10H21Cl2F2OSi2/c1-4-17(5-2,6-3)15-16(9(12)7-11)10(14)8-13/h9-10H,4-8H2,1-3H3. The number of alkyl halides is 4. The SMILES string of the molecule is CC[Si](CC)(CC)O[Si](C(F)CF)C(Cl)CCl. The summed E-state index contributed by atoms with van der Waals surface area (Å²) in [7, 11) is -3.98. The molecule has 0 aromatic rings. The summed E-state index contributed by atoms with van der Waals surface area (Å²) in [6.45, 7) is 5.11. The van der Waals surface area contributed by atoms with Crippen LogP contribution in [0.4, 0.5) is 8.78 Å². The average Bonchev–Trinajstić information content (AvgIpc) is 2.39. The van der Waals surface area contributed by atoms with Gasteiger partial charge in [-0.2, -0.15) is 0 Å². The molecule has 2 atom stereocenters. The maximum atomic E-state index is 13.6. The second-order valence-corrected chi connectivity index (χ2v) is 12.6. The van der Waals surface area contributed by atoms with Crippen LogP contribution in [0.3, 0.4) is 0 Å². The van der Waals surface area contributed by atoms with Gasteiger partial charge in [-0.05, 0) is 18.1 Å². The summed E-state index contributed by atoms with van der Waals surface area (Å²) in [5, 5.41) is -0.580. The first kappa shape index (κ1) is 17.8. The topological polar surface area (TPSA) is 9.23 Å². The minimum Gasteiger partial charge on any atom is -0.453 e. The Morgan fingerprint density at radius 2 is 1.71 bits per heavy atom. The van der Waals surface area contributed by atoms with E-state index in [4.69, 9.17) is 27.3 Å². The van der Waals surface area contributed by atoms with Crippen molar-refractivity contribution in [2.24, 2.45) is 0 Å². The summed E-state index contributed by atoms with van der Waals surface area (Å²) in [6.07, 6.45) is 0. The predicted octanol–water partition coefficient (Wildman–Crippen LogP) is 4.23. The monoisotopic (exact) mass is 321 g/mol. The van der Waals surface area contributed by atoms with Crippen LogP contribution in [0.15, 0.2) is 0 Å². The maximum absolute atomic E-state index is 13.6. The minimum absolute atomic E-state index is 0.109. The zero-order chi connectivity index (χ0) is 13.5. The Morgan fingerprint density at radius 1 is 1.24 bits per heavy atom. The molecule has 0 amide bonds. The molecule has 0 aromatic carbocycles. The van der Waals surface area contributed by atoms with Crippen LogP contribution in [0.25, 0.3) is 0 Å². The summed E-state index contributed by atoms with van der Waals surface area (Å²) in [5.74, 6) is -1.48. The Kier molecular flexibility index (Phi) is 9.29. The van der Waals surface area contributed by atoms with Gasteiger partial charge in [0.15, 0.2) is 8.32 Å². The lowest BCUT2D eigenvalue weighted by Gasteiger charge is -2.34. The van der Waals surface area contributed by atoms with Crippen LogP contribution in [-0.2, 0) is 4.12 Å². The van der Waals surface area contributed by atoms with E-state index in [2.05, 4.69) is 0 Å². The Hall–Kier alpha value is 0.834. The van der Waals surface area contributed by atoms with Crippen molar-refractivity contribution in [1.82, 2.24) is 0 Å². The van der Waals surface area contributed by atoms with E-state index in [1.54, 1.807) is 0 Å². The van der Waals surface area contributed by atoms with Gasteiger partial charge in [0.2, 0.25) is 0 Å². The first-order chi connectivity index (χ1) is 8.00. The molecule has 17 heavy (non-hydrogen) atoms. The molecule has 0 fully saturated rings. The Bertz CT molecular complexity index is 190. The molecule has 1 nitrogen and oxygen atoms in total. The highest BCUT2D eigenvalue weighted by molar-refractivity contribution is 6.82. The van der Waals surface area contributed by atoms with Gasteiger partial charge in [0, 0.05) is 5.88 Å². The molecule has 0 aliphatic carbocycles. The normalized spacial score (nSPS) is 16.2. The highest BCUT2D eigenvalue weighted by atomic mass is 35.5. The van der Waals surface area contributed by atoms with Crippen LogP contribution in [0.5, 0.6) is 0 Å². The molecule has 7 heteroatoms. The molecule has 0 aliphatic rings. The molecule has 0 aliphatic heterocycles. The maximum Gasteiger partial charge on any atom is 0.259 e. The van der Waals surface area contributed by atoms with Gasteiger partial charge < -0.3 is 4.12 Å². The fourth-order valence-corrected chi connectivity index (χ4v) is 9.91. The van der Waals surface area contributed by atoms with Crippen molar-refractivity contribution in [2.75, 3.05) is 12.6 Å². The van der Waals surface area contributed by atoms with Gasteiger partial charge in [-0.3, -0.25) is 0 Å². The molecule has 0 rings (SSSR count). The molecule has 2 unspecified atom stereocenters. The van der Waals surface area contributed by atoms with E-state index in [0.717, 1.165) is 18.1 Å². The molecular weight excluding hydrogens is 301 g/mol. The zero-order valence-corrected chi connectivity index (χ0v) is 14.1. The molecule has 0 saturated heterocycles. The molecule has 0 aromatic heterocycles. The van der Waals surface area contributed by atoms with Gasteiger partial charge in [-0.25, -0.2) is 8.78 Å². The molecule has 0 heterocycles. The van der Waals surface area contributed by atoms with Crippen molar-refractivity contribution in [2.45, 2.75) is 49.7 Å². The van der Waals surface area contributed by atoms with Crippen molar-refractivity contribution in [1.29, 1.82) is 0 Å². The van der Waals surface area contributed by atoms with Crippen molar-refractivity contribution in [3.8, 4) is 0 Å². The lowest BCUT2D eigenvalue weighted by atomic mass is 10.8. The molecule has 0 spiro atoms. The van der Waals surface area contributed by atoms with Gasteiger partial charge in [-0.1, -0.05) is 20.8 Å². The Labute approximate surface area is 116 Å². The highest BCUT2D eigenvalue weighted by Crippen LogP contribution is 2.26. The molecule has 0 bridgehead atoms. The van der Waals surface area contributed by atoms with Gasteiger partial charge in [0.25, 0.3) is 9.04 Å². The van der Waals surface area contributed by atoms with Crippen molar-refractivity contribution in [3.63, 3.8) is 0 Å². The fraction of sp³-hybridized carbons (Fsp3) is 1.00. The summed E-state index contributed by atoms with van der Waals surface area (Å²) in [6, 6.07) is 2.71. The van der Waals surface area contributed by atoms with Crippen LogP contribution < -0.4 is 0 Å². The third kappa shape index (κ3) is 5.14. The van der Waals surface area contributed by atoms with E-state index >= 15 is 0 Å². The number of rotatable bonds is 9. The number of hydrogen-bond acceptors (Lipinski definition) is 1. The van der Waals surface area contributed by atoms with Crippen LogP contribution in [0.1, 0.15) is 20.8 Å². The van der Waals surface area contributed by atoms with Gasteiger partial charge in [0.1, 0.15) is 12.5 Å². The fourth-order valence-electron chi connectivity index (χ4n) is 1.69. The summed E-state index contributed by atoms with van der Waals surface area (Å²) >= 11 is 11.6. The third-order valence-electron chi connectivity index (χ3n) is 3.16. The van der Waals surface area contributed by atoms with E-state index in [1.807, 2.05) is 20.8 Å². The Morgan fingerprint density at radius 3 is 2.00 bits per heavy atom. The second-order valence-electron chi connectivity index (χ2n) is 3.99. The highest BCUT2D eigenvalue weighted by Gasteiger charge is 2.40. The van der Waals surface area contributed by atoms with Gasteiger partial charge in [-0.15, -0.1) is 23.2 Å². The lowest BCUT2D eigenvalue weighted by molar-refractivity contribution is 0.308. The average molecular weight is 322 g/mol. The summed E-state index contributed by atoms with van der Waals surface area (Å²) in [5.41, 5.74) is 0. The number of hydrogen-bond donors (Lipinski definition) is 0. The minimum atomic E-state index is -2.04. The number of halogens is 4. The zero-order valence-electron chi connectivity index (χ0n) is 10.6. The molecular formula is C10H21Cl2F2OSi2. The Balaban J connectivity index is 4.82. The summed E-state index contributed by atoms with van der Waals surface area (Å²) in [4.78, 5) is 0. The van der Waals surface area contributed by atoms with Crippen molar-refractivity contribution in [3.05, 3.63) is 0 Å². The largest absolute Gasteiger partial charge is 0.453 e. The second kappa shape index (κ2) is 8.85. The quantitative estimate of drug-likeness (QED) is 0.456. The van der Waals surface area contributed by atoms with Crippen molar-refractivity contribution >= 4 is 40.6 Å². The van der Waals surface area contributed by atoms with E-state index in [1.165, 1.54) is 0 Å². The van der Waals surface area contributed by atoms with Crippen LogP contribution in [-0.4, -0.2) is 40.7 Å². The van der Waals surface area contributed by atoms with Crippen LogP contribution in [0, 0.1) is 0 Å². The molecule has 1 radical (unpaired) electrons. The predicted molar refractivity (Wildman–Crippen MR) is 75.3 cm³/mol.